The molecule has 2 rings (SSSR count). The highest BCUT2D eigenvalue weighted by Gasteiger charge is 2.15. The molecule has 1 unspecified atom stereocenters. The number of hydrogen-bond donors (Lipinski definition) is 2. The lowest BCUT2D eigenvalue weighted by molar-refractivity contribution is 0.414. The van der Waals surface area contributed by atoms with Crippen LogP contribution in [-0.4, -0.2) is 19.6 Å². The van der Waals surface area contributed by atoms with Gasteiger partial charge in [0.15, 0.2) is 5.96 Å². The van der Waals surface area contributed by atoms with Gasteiger partial charge in [0.1, 0.15) is 5.75 Å². The van der Waals surface area contributed by atoms with E-state index in [2.05, 4.69) is 22.4 Å². The second-order valence-corrected chi connectivity index (χ2v) is 3.53. The van der Waals surface area contributed by atoms with E-state index in [4.69, 9.17) is 10.5 Å². The van der Waals surface area contributed by atoms with Crippen molar-refractivity contribution in [3.05, 3.63) is 29.8 Å². The second-order valence-electron chi connectivity index (χ2n) is 3.53. The van der Waals surface area contributed by atoms with Gasteiger partial charge in [-0.3, -0.25) is 4.99 Å². The van der Waals surface area contributed by atoms with Gasteiger partial charge in [0.2, 0.25) is 0 Å². The number of hydrogen-bond acceptors (Lipinski definition) is 4. The van der Waals surface area contributed by atoms with Crippen LogP contribution in [0.1, 0.15) is 18.0 Å². The van der Waals surface area contributed by atoms with Crippen LogP contribution in [0.3, 0.4) is 0 Å². The number of benzene rings is 1. The number of guanidine groups is 1. The quantitative estimate of drug-likeness (QED) is 0.824. The SMILES string of the molecule is COc1ccc(C2CCN=C(N)N2)cc1.Cl. The van der Waals surface area contributed by atoms with Crippen molar-refractivity contribution in [1.82, 2.24) is 5.32 Å². The summed E-state index contributed by atoms with van der Waals surface area (Å²) in [5, 5.41) is 3.16. The van der Waals surface area contributed by atoms with Crippen LogP contribution in [-0.2, 0) is 0 Å². The molecule has 5 heteroatoms. The zero-order chi connectivity index (χ0) is 10.7. The third-order valence-electron chi connectivity index (χ3n) is 2.54. The van der Waals surface area contributed by atoms with E-state index in [0.29, 0.717) is 5.96 Å². The van der Waals surface area contributed by atoms with Crippen molar-refractivity contribution < 1.29 is 4.74 Å². The fourth-order valence-electron chi connectivity index (χ4n) is 1.70. The molecular formula is C11H16ClN3O. The minimum atomic E-state index is 0. The summed E-state index contributed by atoms with van der Waals surface area (Å²) in [6.45, 7) is 0.787. The van der Waals surface area contributed by atoms with Crippen molar-refractivity contribution in [2.75, 3.05) is 13.7 Å². The molecule has 1 atom stereocenters. The highest BCUT2D eigenvalue weighted by Crippen LogP contribution is 2.21. The van der Waals surface area contributed by atoms with Crippen LogP contribution in [0.25, 0.3) is 0 Å². The van der Waals surface area contributed by atoms with Crippen LogP contribution in [0, 0.1) is 0 Å². The number of halogens is 1. The molecule has 1 aliphatic heterocycles. The number of nitrogens with zero attached hydrogens (tertiary/aromatic N) is 1. The Kier molecular flexibility index (Phi) is 4.43. The van der Waals surface area contributed by atoms with Gasteiger partial charge < -0.3 is 15.8 Å². The number of nitrogens with one attached hydrogen (secondary N) is 1. The highest BCUT2D eigenvalue weighted by atomic mass is 35.5. The maximum atomic E-state index is 5.63. The van der Waals surface area contributed by atoms with Crippen molar-refractivity contribution in [3.63, 3.8) is 0 Å². The molecule has 88 valence electrons. The van der Waals surface area contributed by atoms with Crippen LogP contribution in [0.4, 0.5) is 0 Å². The third kappa shape index (κ3) is 2.79. The molecule has 0 saturated heterocycles. The average molecular weight is 242 g/mol. The largest absolute Gasteiger partial charge is 0.497 e. The molecule has 0 aliphatic carbocycles. The molecule has 4 nitrogen and oxygen atoms in total. The van der Waals surface area contributed by atoms with Gasteiger partial charge in [-0.2, -0.15) is 0 Å². The summed E-state index contributed by atoms with van der Waals surface area (Å²) in [7, 11) is 1.67. The third-order valence-corrected chi connectivity index (χ3v) is 2.54. The molecule has 1 aromatic rings. The van der Waals surface area contributed by atoms with Crippen LogP contribution >= 0.6 is 12.4 Å². The van der Waals surface area contributed by atoms with Crippen molar-refractivity contribution >= 4 is 18.4 Å². The molecule has 0 saturated carbocycles. The molecule has 1 aromatic carbocycles. The first kappa shape index (κ1) is 12.6. The standard InChI is InChI=1S/C11H15N3O.ClH/c1-15-9-4-2-8(3-5-9)10-6-7-13-11(12)14-10;/h2-5,10H,6-7H2,1H3,(H3,12,13,14);1H. The zero-order valence-corrected chi connectivity index (χ0v) is 9.96. The Morgan fingerprint density at radius 3 is 2.62 bits per heavy atom. The average Bonchev–Trinajstić information content (AvgIpc) is 2.29. The van der Waals surface area contributed by atoms with E-state index < -0.39 is 0 Å². The van der Waals surface area contributed by atoms with Crippen molar-refractivity contribution in [2.45, 2.75) is 12.5 Å². The van der Waals surface area contributed by atoms with E-state index in [0.717, 1.165) is 18.7 Å². The van der Waals surface area contributed by atoms with Gasteiger partial charge in [-0.05, 0) is 24.1 Å². The fraction of sp³-hybridized carbons (Fsp3) is 0.364. The van der Waals surface area contributed by atoms with E-state index in [9.17, 15) is 0 Å². The number of ether oxygens (including phenoxy) is 1. The Labute approximate surface area is 101 Å². The predicted octanol–water partition coefficient (Wildman–Crippen LogP) is 1.47. The Morgan fingerprint density at radius 2 is 2.06 bits per heavy atom. The first-order valence-electron chi connectivity index (χ1n) is 5.00. The molecule has 1 heterocycles. The minimum absolute atomic E-state index is 0. The molecule has 3 N–H and O–H groups in total. The fourth-order valence-corrected chi connectivity index (χ4v) is 1.70. The Balaban J connectivity index is 0.00000128. The lowest BCUT2D eigenvalue weighted by atomic mass is 10.0. The maximum Gasteiger partial charge on any atom is 0.189 e. The first-order valence-corrected chi connectivity index (χ1v) is 5.00. The first-order chi connectivity index (χ1) is 7.29. The molecule has 0 amide bonds. The summed E-state index contributed by atoms with van der Waals surface area (Å²) in [6, 6.07) is 8.29. The lowest BCUT2D eigenvalue weighted by Crippen LogP contribution is -2.38. The Hall–Kier alpha value is -1.42. The van der Waals surface area contributed by atoms with E-state index in [1.165, 1.54) is 5.56 Å². The Bertz CT molecular complexity index is 364. The van der Waals surface area contributed by atoms with Crippen LogP contribution < -0.4 is 15.8 Å². The monoisotopic (exact) mass is 241 g/mol. The van der Waals surface area contributed by atoms with Gasteiger partial charge in [-0.15, -0.1) is 12.4 Å². The molecule has 0 radical (unpaired) electrons. The van der Waals surface area contributed by atoms with Crippen molar-refractivity contribution in [1.29, 1.82) is 0 Å². The molecule has 0 fully saturated rings. The van der Waals surface area contributed by atoms with Gasteiger partial charge in [0, 0.05) is 6.54 Å². The number of methoxy groups -OCH3 is 1. The maximum absolute atomic E-state index is 5.63. The minimum Gasteiger partial charge on any atom is -0.497 e. The topological polar surface area (TPSA) is 59.6 Å². The molecule has 0 aromatic heterocycles. The van der Waals surface area contributed by atoms with Gasteiger partial charge in [0.05, 0.1) is 13.2 Å². The number of aliphatic imine (C=N–C) groups is 1. The van der Waals surface area contributed by atoms with E-state index >= 15 is 0 Å². The number of nitrogens with two attached hydrogens (primary N) is 1. The molecule has 1 aliphatic rings. The summed E-state index contributed by atoms with van der Waals surface area (Å²) in [6.07, 6.45) is 0.979. The molecule has 16 heavy (non-hydrogen) atoms. The van der Waals surface area contributed by atoms with Gasteiger partial charge >= 0.3 is 0 Å². The van der Waals surface area contributed by atoms with Gasteiger partial charge in [0.25, 0.3) is 0 Å². The van der Waals surface area contributed by atoms with Crippen LogP contribution in [0.5, 0.6) is 5.75 Å². The smallest absolute Gasteiger partial charge is 0.189 e. The zero-order valence-electron chi connectivity index (χ0n) is 9.14. The van der Waals surface area contributed by atoms with E-state index in [1.807, 2.05) is 12.1 Å². The Morgan fingerprint density at radius 1 is 1.38 bits per heavy atom. The van der Waals surface area contributed by atoms with Crippen LogP contribution in [0.15, 0.2) is 29.3 Å². The molecular weight excluding hydrogens is 226 g/mol. The van der Waals surface area contributed by atoms with Gasteiger partial charge in [-0.25, -0.2) is 0 Å². The molecule has 0 spiro atoms. The van der Waals surface area contributed by atoms with Crippen molar-refractivity contribution in [2.24, 2.45) is 10.7 Å². The highest BCUT2D eigenvalue weighted by molar-refractivity contribution is 5.85. The lowest BCUT2D eigenvalue weighted by Gasteiger charge is -2.22. The summed E-state index contributed by atoms with van der Waals surface area (Å²) in [4.78, 5) is 4.10. The number of rotatable bonds is 2. The summed E-state index contributed by atoms with van der Waals surface area (Å²) < 4.78 is 5.11. The van der Waals surface area contributed by atoms with E-state index in [1.54, 1.807) is 7.11 Å². The van der Waals surface area contributed by atoms with Crippen molar-refractivity contribution in [3.8, 4) is 5.75 Å². The summed E-state index contributed by atoms with van der Waals surface area (Å²) in [5.41, 5.74) is 6.85. The molecule has 0 bridgehead atoms. The van der Waals surface area contributed by atoms with Gasteiger partial charge in [-0.1, -0.05) is 12.1 Å². The summed E-state index contributed by atoms with van der Waals surface area (Å²) >= 11 is 0. The van der Waals surface area contributed by atoms with E-state index in [-0.39, 0.29) is 18.4 Å². The predicted molar refractivity (Wildman–Crippen MR) is 67.2 cm³/mol. The summed E-state index contributed by atoms with van der Waals surface area (Å²) in [5.74, 6) is 1.40. The van der Waals surface area contributed by atoms with Crippen LogP contribution in [0.2, 0.25) is 0 Å². The normalized spacial score (nSPS) is 19.1. The second kappa shape index (κ2) is 5.61.